The molecular weight excluding hydrogens is 162 g/mol. The summed E-state index contributed by atoms with van der Waals surface area (Å²) in [5.74, 6) is 0. The molecule has 0 aliphatic carbocycles. The first-order chi connectivity index (χ1) is 6.20. The predicted molar refractivity (Wildman–Crippen MR) is 54.2 cm³/mol. The first-order valence-corrected chi connectivity index (χ1v) is 4.32. The van der Waals surface area contributed by atoms with Crippen LogP contribution in [0.15, 0.2) is 40.2 Å². The molecule has 1 atom stereocenters. The minimum Gasteiger partial charge on any atom is -0.354 e. The summed E-state index contributed by atoms with van der Waals surface area (Å²) in [6.45, 7) is 2.06. The Morgan fingerprint density at radius 2 is 2.31 bits per heavy atom. The van der Waals surface area contributed by atoms with Crippen molar-refractivity contribution in [2.45, 2.75) is 13.1 Å². The van der Waals surface area contributed by atoms with Gasteiger partial charge in [0.1, 0.15) is 0 Å². The van der Waals surface area contributed by atoms with Crippen molar-refractivity contribution in [1.29, 1.82) is 0 Å². The van der Waals surface area contributed by atoms with Gasteiger partial charge >= 0.3 is 0 Å². The average Bonchev–Trinajstić information content (AvgIpc) is 2.63. The van der Waals surface area contributed by atoms with Crippen LogP contribution in [0.25, 0.3) is 0 Å². The summed E-state index contributed by atoms with van der Waals surface area (Å²) in [5.41, 5.74) is 9.21. The van der Waals surface area contributed by atoms with Crippen LogP contribution in [0.2, 0.25) is 0 Å². The van der Waals surface area contributed by atoms with E-state index in [4.69, 9.17) is 5.73 Å². The van der Waals surface area contributed by atoms with E-state index in [9.17, 15) is 0 Å². The van der Waals surface area contributed by atoms with Gasteiger partial charge in [0.05, 0.1) is 17.6 Å². The molecule has 3 nitrogen and oxygen atoms in total. The summed E-state index contributed by atoms with van der Waals surface area (Å²) in [7, 11) is 1.99. The van der Waals surface area contributed by atoms with E-state index in [0.29, 0.717) is 0 Å². The molecule has 13 heavy (non-hydrogen) atoms. The summed E-state index contributed by atoms with van der Waals surface area (Å²) in [5, 5.41) is 0. The molecule has 2 N–H and O–H groups in total. The lowest BCUT2D eigenvalue weighted by Gasteiger charge is -2.20. The van der Waals surface area contributed by atoms with Crippen molar-refractivity contribution in [3.8, 4) is 0 Å². The Bertz CT molecular complexity index is 333. The van der Waals surface area contributed by atoms with Crippen LogP contribution in [0.4, 0.5) is 0 Å². The molecule has 0 radical (unpaired) electrons. The standard InChI is InChI=1S/C10H13N3/c1-7-6-9(11)13(2)10(7)8-4-3-5-12-8/h3-6,9H,11H2,1-2H3. The Morgan fingerprint density at radius 3 is 2.77 bits per heavy atom. The Labute approximate surface area is 77.9 Å². The summed E-state index contributed by atoms with van der Waals surface area (Å²) in [6.07, 6.45) is 7.78. The largest absolute Gasteiger partial charge is 0.354 e. The average molecular weight is 175 g/mol. The van der Waals surface area contributed by atoms with E-state index in [1.807, 2.05) is 30.2 Å². The van der Waals surface area contributed by atoms with Crippen LogP contribution in [0.1, 0.15) is 6.92 Å². The van der Waals surface area contributed by atoms with Crippen molar-refractivity contribution in [1.82, 2.24) is 4.90 Å². The molecule has 1 unspecified atom stereocenters. The number of hydrogen-bond donors (Lipinski definition) is 1. The summed E-state index contributed by atoms with van der Waals surface area (Å²) < 4.78 is 0. The molecule has 0 bridgehead atoms. The lowest BCUT2D eigenvalue weighted by atomic mass is 10.2. The van der Waals surface area contributed by atoms with Crippen molar-refractivity contribution >= 4 is 6.21 Å². The van der Waals surface area contributed by atoms with Gasteiger partial charge in [-0.25, -0.2) is 0 Å². The van der Waals surface area contributed by atoms with Crippen molar-refractivity contribution in [2.24, 2.45) is 10.7 Å². The van der Waals surface area contributed by atoms with Gasteiger partial charge in [-0.05, 0) is 30.7 Å². The van der Waals surface area contributed by atoms with E-state index in [-0.39, 0.29) is 6.17 Å². The van der Waals surface area contributed by atoms with Gasteiger partial charge < -0.3 is 10.6 Å². The zero-order chi connectivity index (χ0) is 9.42. The van der Waals surface area contributed by atoms with E-state index < -0.39 is 0 Å². The van der Waals surface area contributed by atoms with Crippen LogP contribution >= 0.6 is 0 Å². The quantitative estimate of drug-likeness (QED) is 0.597. The van der Waals surface area contributed by atoms with E-state index in [0.717, 1.165) is 11.4 Å². The Kier molecular flexibility index (Phi) is 1.81. The highest BCUT2D eigenvalue weighted by atomic mass is 15.2. The first kappa shape index (κ1) is 8.26. The second-order valence-corrected chi connectivity index (χ2v) is 3.32. The number of likely N-dealkylation sites (N-methyl/N-ethyl adjacent to an activating group) is 1. The molecule has 3 heteroatoms. The van der Waals surface area contributed by atoms with Crippen molar-refractivity contribution < 1.29 is 0 Å². The van der Waals surface area contributed by atoms with Crippen LogP contribution in [-0.2, 0) is 0 Å². The van der Waals surface area contributed by atoms with E-state index >= 15 is 0 Å². The van der Waals surface area contributed by atoms with Crippen LogP contribution in [0.5, 0.6) is 0 Å². The summed E-state index contributed by atoms with van der Waals surface area (Å²) >= 11 is 0. The molecule has 0 saturated heterocycles. The molecule has 0 fully saturated rings. The van der Waals surface area contributed by atoms with Crippen molar-refractivity contribution in [3.05, 3.63) is 35.2 Å². The lowest BCUT2D eigenvalue weighted by Crippen LogP contribution is -2.32. The van der Waals surface area contributed by atoms with Crippen LogP contribution in [-0.4, -0.2) is 24.3 Å². The number of hydrogen-bond acceptors (Lipinski definition) is 3. The van der Waals surface area contributed by atoms with Gasteiger partial charge in [-0.1, -0.05) is 0 Å². The third-order valence-corrected chi connectivity index (χ3v) is 2.39. The van der Waals surface area contributed by atoms with Gasteiger partial charge in [0.15, 0.2) is 0 Å². The molecular formula is C10H13N3. The molecule has 0 saturated carbocycles. The second-order valence-electron chi connectivity index (χ2n) is 3.32. The van der Waals surface area contributed by atoms with Crippen LogP contribution < -0.4 is 5.73 Å². The number of nitrogens with zero attached hydrogens (tertiary/aromatic N) is 2. The zero-order valence-electron chi connectivity index (χ0n) is 7.86. The normalized spacial score (nSPS) is 31.8. The van der Waals surface area contributed by atoms with Gasteiger partial charge in [-0.15, -0.1) is 0 Å². The highest BCUT2D eigenvalue weighted by Crippen LogP contribution is 2.28. The fraction of sp³-hybridized carbons (Fsp3) is 0.300. The predicted octanol–water partition coefficient (Wildman–Crippen LogP) is 1.02. The Hall–Kier alpha value is -1.35. The maximum atomic E-state index is 5.87. The minimum absolute atomic E-state index is 0.00769. The smallest absolute Gasteiger partial charge is 0.0965 e. The molecule has 0 amide bonds. The number of aliphatic imine (C=N–C) groups is 1. The first-order valence-electron chi connectivity index (χ1n) is 4.32. The SMILES string of the molecule is CC1=CC(N)N(C)C1=C1C=CC=N1. The lowest BCUT2D eigenvalue weighted by molar-refractivity contribution is 0.386. The molecule has 2 aliphatic heterocycles. The number of allylic oxidation sites excluding steroid dienone is 3. The van der Waals surface area contributed by atoms with Gasteiger partial charge in [-0.2, -0.15) is 0 Å². The van der Waals surface area contributed by atoms with Gasteiger partial charge in [0, 0.05) is 13.3 Å². The topological polar surface area (TPSA) is 41.6 Å². The molecule has 2 rings (SSSR count). The molecule has 0 spiro atoms. The molecule has 2 aliphatic rings. The third-order valence-electron chi connectivity index (χ3n) is 2.39. The maximum absolute atomic E-state index is 5.87. The van der Waals surface area contributed by atoms with E-state index in [2.05, 4.69) is 11.9 Å². The molecule has 2 heterocycles. The minimum atomic E-state index is -0.00769. The fourth-order valence-electron chi connectivity index (χ4n) is 1.70. The van der Waals surface area contributed by atoms with E-state index in [1.165, 1.54) is 5.57 Å². The molecule has 0 aromatic carbocycles. The van der Waals surface area contributed by atoms with Gasteiger partial charge in [0.25, 0.3) is 0 Å². The summed E-state index contributed by atoms with van der Waals surface area (Å²) in [6, 6.07) is 0. The Balaban J connectivity index is 2.45. The maximum Gasteiger partial charge on any atom is 0.0965 e. The van der Waals surface area contributed by atoms with E-state index in [1.54, 1.807) is 6.21 Å². The monoisotopic (exact) mass is 175 g/mol. The second kappa shape index (κ2) is 2.85. The van der Waals surface area contributed by atoms with Gasteiger partial charge in [0.2, 0.25) is 0 Å². The highest BCUT2D eigenvalue weighted by Gasteiger charge is 2.23. The molecule has 0 aromatic heterocycles. The highest BCUT2D eigenvalue weighted by molar-refractivity contribution is 5.77. The van der Waals surface area contributed by atoms with Crippen molar-refractivity contribution in [2.75, 3.05) is 7.05 Å². The van der Waals surface area contributed by atoms with Crippen LogP contribution in [0, 0.1) is 0 Å². The number of rotatable bonds is 0. The molecule has 0 aromatic rings. The fourth-order valence-corrected chi connectivity index (χ4v) is 1.70. The third kappa shape index (κ3) is 1.21. The molecule has 68 valence electrons. The van der Waals surface area contributed by atoms with Crippen molar-refractivity contribution in [3.63, 3.8) is 0 Å². The zero-order valence-corrected chi connectivity index (χ0v) is 7.86. The van der Waals surface area contributed by atoms with Gasteiger partial charge in [-0.3, -0.25) is 4.99 Å². The van der Waals surface area contributed by atoms with Crippen LogP contribution in [0.3, 0.4) is 0 Å². The summed E-state index contributed by atoms with van der Waals surface area (Å²) in [4.78, 5) is 6.30. The Morgan fingerprint density at radius 1 is 1.54 bits per heavy atom. The number of nitrogens with two attached hydrogens (primary N) is 1.